The summed E-state index contributed by atoms with van der Waals surface area (Å²) in [5.74, 6) is 0. The van der Waals surface area contributed by atoms with Crippen LogP contribution in [0.15, 0.2) is 185 Å². The Kier molecular flexibility index (Phi) is 7.55. The molecule has 9 aromatic rings. The number of hydrogen-bond donors (Lipinski definition) is 1. The topological polar surface area (TPSA) is 56.4 Å². The van der Waals surface area contributed by atoms with Gasteiger partial charge in [-0.05, 0) is 53.9 Å². The second kappa shape index (κ2) is 12.7. The molecule has 0 radical (unpaired) electrons. The van der Waals surface area contributed by atoms with Crippen LogP contribution in [0.5, 0.6) is 0 Å². The standard InChI is InChI=1S/C47H35N3O/c1-31(32-16-5-2-6-17-32)49-47(34-20-9-4-10-21-34)45(46(48)33-18-7-3-8-19-33)39-24-15-27-42-44(39)38-29-28-35(30-43(38)51-42)50-40-25-13-11-22-36(40)37-23-12-14-26-41(37)50/h2-31H,48H2,1H3/b46-45-,49-47?. The summed E-state index contributed by atoms with van der Waals surface area (Å²) in [6.07, 6.45) is 0. The number of aromatic nitrogens is 1. The van der Waals surface area contributed by atoms with E-state index in [9.17, 15) is 0 Å². The molecule has 1 unspecified atom stereocenters. The van der Waals surface area contributed by atoms with Gasteiger partial charge in [0.1, 0.15) is 11.2 Å². The van der Waals surface area contributed by atoms with Gasteiger partial charge in [-0.2, -0.15) is 0 Å². The SMILES string of the molecule is CC(N=C(/C(=C(\N)c1ccccc1)c1cccc2oc3cc(-n4c5ccccc5c5ccccc54)ccc3c12)c1ccccc1)c1ccccc1. The molecular weight excluding hydrogens is 623 g/mol. The van der Waals surface area contributed by atoms with Crippen molar-refractivity contribution in [2.45, 2.75) is 13.0 Å². The second-order valence-corrected chi connectivity index (χ2v) is 12.9. The number of aliphatic imine (C=N–C) groups is 1. The lowest BCUT2D eigenvalue weighted by Crippen LogP contribution is -2.13. The maximum Gasteiger partial charge on any atom is 0.137 e. The number of nitrogens with two attached hydrogens (primary N) is 1. The first-order valence-corrected chi connectivity index (χ1v) is 17.3. The highest BCUT2D eigenvalue weighted by atomic mass is 16.3. The van der Waals surface area contributed by atoms with Crippen LogP contribution in [0.25, 0.3) is 60.7 Å². The Hall–Kier alpha value is -6.65. The molecule has 0 spiro atoms. The van der Waals surface area contributed by atoms with Crippen LogP contribution in [0, 0.1) is 0 Å². The minimum Gasteiger partial charge on any atom is -0.456 e. The Morgan fingerprint density at radius 3 is 1.82 bits per heavy atom. The molecule has 244 valence electrons. The second-order valence-electron chi connectivity index (χ2n) is 12.9. The van der Waals surface area contributed by atoms with E-state index in [-0.39, 0.29) is 6.04 Å². The Morgan fingerprint density at radius 2 is 1.16 bits per heavy atom. The molecule has 9 rings (SSSR count). The van der Waals surface area contributed by atoms with E-state index in [4.69, 9.17) is 15.1 Å². The minimum absolute atomic E-state index is 0.117. The normalized spacial score (nSPS) is 13.2. The van der Waals surface area contributed by atoms with Gasteiger partial charge >= 0.3 is 0 Å². The molecule has 0 aliphatic carbocycles. The highest BCUT2D eigenvalue weighted by Gasteiger charge is 2.24. The van der Waals surface area contributed by atoms with Crippen LogP contribution in [-0.4, -0.2) is 10.3 Å². The molecule has 0 aliphatic heterocycles. The van der Waals surface area contributed by atoms with Crippen molar-refractivity contribution in [1.29, 1.82) is 0 Å². The number of benzene rings is 7. The molecule has 7 aromatic carbocycles. The molecule has 4 nitrogen and oxygen atoms in total. The van der Waals surface area contributed by atoms with Crippen molar-refractivity contribution in [1.82, 2.24) is 4.57 Å². The Labute approximate surface area is 296 Å². The van der Waals surface area contributed by atoms with Crippen LogP contribution in [-0.2, 0) is 0 Å². The van der Waals surface area contributed by atoms with Crippen molar-refractivity contribution in [3.63, 3.8) is 0 Å². The smallest absolute Gasteiger partial charge is 0.137 e. The number of rotatable bonds is 7. The van der Waals surface area contributed by atoms with Crippen molar-refractivity contribution in [2.75, 3.05) is 0 Å². The summed E-state index contributed by atoms with van der Waals surface area (Å²) in [5.41, 5.74) is 18.6. The Morgan fingerprint density at radius 1 is 0.569 bits per heavy atom. The van der Waals surface area contributed by atoms with E-state index in [1.807, 2.05) is 36.4 Å². The van der Waals surface area contributed by atoms with Crippen molar-refractivity contribution in [3.05, 3.63) is 198 Å². The van der Waals surface area contributed by atoms with Crippen LogP contribution < -0.4 is 5.73 Å². The monoisotopic (exact) mass is 657 g/mol. The summed E-state index contributed by atoms with van der Waals surface area (Å²) in [5, 5.41) is 4.48. The minimum atomic E-state index is -0.117. The van der Waals surface area contributed by atoms with Crippen LogP contribution in [0.1, 0.15) is 35.2 Å². The molecule has 4 heteroatoms. The number of allylic oxidation sites excluding steroid dienone is 1. The first kappa shape index (κ1) is 30.4. The van der Waals surface area contributed by atoms with Gasteiger partial charge < -0.3 is 14.7 Å². The van der Waals surface area contributed by atoms with Gasteiger partial charge in [-0.1, -0.05) is 140 Å². The molecule has 0 bridgehead atoms. The molecular formula is C47H35N3O. The van der Waals surface area contributed by atoms with E-state index in [1.165, 1.54) is 10.8 Å². The molecule has 0 saturated carbocycles. The quantitative estimate of drug-likeness (QED) is 0.137. The molecule has 0 fully saturated rings. The average Bonchev–Trinajstić information content (AvgIpc) is 3.74. The van der Waals surface area contributed by atoms with Crippen LogP contribution in [0.4, 0.5) is 0 Å². The summed E-state index contributed by atoms with van der Waals surface area (Å²) in [6, 6.07) is 60.7. The molecule has 2 heterocycles. The molecule has 0 aliphatic rings. The van der Waals surface area contributed by atoms with Crippen LogP contribution in [0.2, 0.25) is 0 Å². The fourth-order valence-corrected chi connectivity index (χ4v) is 7.40. The van der Waals surface area contributed by atoms with Gasteiger partial charge in [-0.15, -0.1) is 0 Å². The summed E-state index contributed by atoms with van der Waals surface area (Å²) >= 11 is 0. The lowest BCUT2D eigenvalue weighted by Gasteiger charge is -2.19. The van der Waals surface area contributed by atoms with Gasteiger partial charge in [0, 0.05) is 50.1 Å². The molecule has 0 amide bonds. The largest absolute Gasteiger partial charge is 0.456 e. The highest BCUT2D eigenvalue weighted by Crippen LogP contribution is 2.40. The number of nitrogens with zero attached hydrogens (tertiary/aromatic N) is 2. The molecule has 51 heavy (non-hydrogen) atoms. The molecule has 0 saturated heterocycles. The van der Waals surface area contributed by atoms with Gasteiger partial charge in [-0.3, -0.25) is 4.99 Å². The van der Waals surface area contributed by atoms with Gasteiger partial charge in [0.15, 0.2) is 0 Å². The Balaban J connectivity index is 1.30. The van der Waals surface area contributed by atoms with E-state index in [1.54, 1.807) is 0 Å². The first-order chi connectivity index (χ1) is 25.2. The van der Waals surface area contributed by atoms with Crippen LogP contribution in [0.3, 0.4) is 0 Å². The zero-order valence-electron chi connectivity index (χ0n) is 28.2. The number of fused-ring (bicyclic) bond motifs is 6. The number of para-hydroxylation sites is 2. The number of furan rings is 1. The van der Waals surface area contributed by atoms with Crippen molar-refractivity contribution in [3.8, 4) is 5.69 Å². The van der Waals surface area contributed by atoms with Gasteiger partial charge in [0.05, 0.1) is 22.8 Å². The zero-order valence-corrected chi connectivity index (χ0v) is 28.2. The van der Waals surface area contributed by atoms with E-state index in [2.05, 4.69) is 151 Å². The maximum absolute atomic E-state index is 7.29. The zero-order chi connectivity index (χ0) is 34.3. The third-order valence-corrected chi connectivity index (χ3v) is 9.83. The van der Waals surface area contributed by atoms with E-state index >= 15 is 0 Å². The lowest BCUT2D eigenvalue weighted by atomic mass is 9.89. The average molecular weight is 658 g/mol. The summed E-state index contributed by atoms with van der Waals surface area (Å²) in [4.78, 5) is 5.46. The summed E-state index contributed by atoms with van der Waals surface area (Å²) in [6.45, 7) is 2.14. The van der Waals surface area contributed by atoms with E-state index in [0.717, 1.165) is 72.2 Å². The third kappa shape index (κ3) is 5.29. The fourth-order valence-electron chi connectivity index (χ4n) is 7.40. The van der Waals surface area contributed by atoms with Gasteiger partial charge in [-0.25, -0.2) is 0 Å². The van der Waals surface area contributed by atoms with Gasteiger partial charge in [0.25, 0.3) is 0 Å². The maximum atomic E-state index is 7.29. The van der Waals surface area contributed by atoms with E-state index in [0.29, 0.717) is 5.70 Å². The van der Waals surface area contributed by atoms with Crippen molar-refractivity contribution < 1.29 is 4.42 Å². The molecule has 2 aromatic heterocycles. The fraction of sp³-hybridized carbons (Fsp3) is 0.0426. The van der Waals surface area contributed by atoms with Crippen molar-refractivity contribution >= 4 is 60.7 Å². The number of hydrogen-bond acceptors (Lipinski definition) is 3. The Bertz CT molecular complexity index is 2700. The first-order valence-electron chi connectivity index (χ1n) is 17.3. The van der Waals surface area contributed by atoms with Crippen LogP contribution >= 0.6 is 0 Å². The molecule has 2 N–H and O–H groups in total. The summed E-state index contributed by atoms with van der Waals surface area (Å²) in [7, 11) is 0. The lowest BCUT2D eigenvalue weighted by molar-refractivity contribution is 0.668. The predicted octanol–water partition coefficient (Wildman–Crippen LogP) is 11.8. The third-order valence-electron chi connectivity index (χ3n) is 9.83. The van der Waals surface area contributed by atoms with E-state index < -0.39 is 0 Å². The van der Waals surface area contributed by atoms with Gasteiger partial charge in [0.2, 0.25) is 0 Å². The predicted molar refractivity (Wildman–Crippen MR) is 213 cm³/mol. The highest BCUT2D eigenvalue weighted by molar-refractivity contribution is 6.39. The summed E-state index contributed by atoms with van der Waals surface area (Å²) < 4.78 is 9.03. The molecule has 1 atom stereocenters. The van der Waals surface area contributed by atoms with Crippen molar-refractivity contribution in [2.24, 2.45) is 10.7 Å².